The molecule has 2 N–H and O–H groups in total. The average molecular weight is 617 g/mol. The lowest BCUT2D eigenvalue weighted by Crippen LogP contribution is -2.54. The van der Waals surface area contributed by atoms with Crippen molar-refractivity contribution in [2.45, 2.75) is 80.6 Å². The first kappa shape index (κ1) is 28.9. The van der Waals surface area contributed by atoms with Gasteiger partial charge < -0.3 is 15.5 Å². The number of hydrogen-bond acceptors (Lipinski definition) is 8. The summed E-state index contributed by atoms with van der Waals surface area (Å²) >= 11 is 0. The minimum atomic E-state index is -3.32. The lowest BCUT2D eigenvalue weighted by molar-refractivity contribution is 0.404. The Bertz CT molecular complexity index is 1870. The van der Waals surface area contributed by atoms with Crippen molar-refractivity contribution < 1.29 is 12.8 Å². The zero-order chi connectivity index (χ0) is 30.6. The lowest BCUT2D eigenvalue weighted by Gasteiger charge is -2.37. The molecule has 2 aromatic carbocycles. The molecule has 2 atom stereocenters. The van der Waals surface area contributed by atoms with Gasteiger partial charge in [-0.3, -0.25) is 9.36 Å². The van der Waals surface area contributed by atoms with Crippen LogP contribution >= 0.6 is 0 Å². The fraction of sp³-hybridized carbons (Fsp3) is 0.424. The van der Waals surface area contributed by atoms with Gasteiger partial charge in [0.15, 0.2) is 9.84 Å². The summed E-state index contributed by atoms with van der Waals surface area (Å²) in [7, 11) is -3.32. The number of anilines is 3. The maximum absolute atomic E-state index is 15.3. The molecule has 9 nitrogen and oxygen atoms in total. The molecule has 3 aliphatic rings. The summed E-state index contributed by atoms with van der Waals surface area (Å²) in [6.07, 6.45) is 6.89. The van der Waals surface area contributed by atoms with Crippen LogP contribution in [0.5, 0.6) is 0 Å². The summed E-state index contributed by atoms with van der Waals surface area (Å²) < 4.78 is 42.4. The number of nitrogens with one attached hydrogen (secondary N) is 2. The normalized spacial score (nSPS) is 21.2. The molecular weight excluding hydrogens is 579 g/mol. The van der Waals surface area contributed by atoms with Crippen LogP contribution in [0.15, 0.2) is 64.4 Å². The number of fused-ring (bicyclic) bond motifs is 1. The first-order chi connectivity index (χ1) is 21.2. The molecule has 0 spiro atoms. The maximum Gasteiger partial charge on any atom is 0.260 e. The Kier molecular flexibility index (Phi) is 7.40. The van der Waals surface area contributed by atoms with Gasteiger partial charge in [-0.05, 0) is 81.5 Å². The molecule has 44 heavy (non-hydrogen) atoms. The van der Waals surface area contributed by atoms with E-state index in [1.54, 1.807) is 47.2 Å². The number of hydrogen-bond donors (Lipinski definition) is 2. The van der Waals surface area contributed by atoms with Gasteiger partial charge in [0.2, 0.25) is 5.95 Å². The highest BCUT2D eigenvalue weighted by Crippen LogP contribution is 2.35. The Balaban J connectivity index is 1.22. The summed E-state index contributed by atoms with van der Waals surface area (Å²) in [6.45, 7) is 5.65. The molecule has 1 aliphatic heterocycles. The van der Waals surface area contributed by atoms with Crippen molar-refractivity contribution in [3.05, 3.63) is 70.9 Å². The fourth-order valence-electron chi connectivity index (χ4n) is 6.78. The monoisotopic (exact) mass is 616 g/mol. The average Bonchev–Trinajstić information content (AvgIpc) is 3.73. The van der Waals surface area contributed by atoms with E-state index in [0.717, 1.165) is 38.8 Å². The Morgan fingerprint density at radius 2 is 1.66 bits per heavy atom. The standard InChI is InChI=1S/C33H37FN6O3S/c1-20-18-39(19-21(2)36-20)30-14-9-24(16-29(30)34)37-33-35-17-23-15-28(32(41)40(31(23)38-33)25-5-3-4-6-25)22-7-10-26(11-8-22)44(42,43)27-12-13-27/h7-11,14-17,20-21,25,27,36H,3-6,12-13,18-19H2,1-2H3,(H,35,37,38)/t20-,21+. The minimum absolute atomic E-state index is 0.00256. The molecular formula is C33H37FN6O3S. The van der Waals surface area contributed by atoms with Gasteiger partial charge in [-0.1, -0.05) is 25.0 Å². The molecule has 11 heteroatoms. The van der Waals surface area contributed by atoms with Gasteiger partial charge in [0.25, 0.3) is 5.56 Å². The molecule has 7 rings (SSSR count). The number of pyridine rings is 1. The van der Waals surface area contributed by atoms with E-state index in [9.17, 15) is 13.2 Å². The minimum Gasteiger partial charge on any atom is -0.366 e. The van der Waals surface area contributed by atoms with Crippen LogP contribution in [0.2, 0.25) is 0 Å². The van der Waals surface area contributed by atoms with Gasteiger partial charge in [-0.25, -0.2) is 17.8 Å². The highest BCUT2D eigenvalue weighted by atomic mass is 32.2. The third-order valence-corrected chi connectivity index (χ3v) is 11.3. The number of nitrogens with zero attached hydrogens (tertiary/aromatic N) is 4. The van der Waals surface area contributed by atoms with Gasteiger partial charge in [-0.2, -0.15) is 4.98 Å². The van der Waals surface area contributed by atoms with Crippen molar-refractivity contribution in [2.24, 2.45) is 0 Å². The summed E-state index contributed by atoms with van der Waals surface area (Å²) in [5.41, 5.74) is 2.59. The van der Waals surface area contributed by atoms with Gasteiger partial charge in [0.05, 0.1) is 15.8 Å². The summed E-state index contributed by atoms with van der Waals surface area (Å²) in [4.78, 5) is 25.7. The predicted molar refractivity (Wildman–Crippen MR) is 171 cm³/mol. The molecule has 0 bridgehead atoms. The number of halogens is 1. The van der Waals surface area contributed by atoms with E-state index in [-0.39, 0.29) is 40.7 Å². The molecule has 3 heterocycles. The molecule has 1 saturated heterocycles. The second kappa shape index (κ2) is 11.3. The molecule has 2 aromatic heterocycles. The van der Waals surface area contributed by atoms with Crippen molar-refractivity contribution in [3.8, 4) is 11.1 Å². The van der Waals surface area contributed by atoms with E-state index < -0.39 is 9.84 Å². The van der Waals surface area contributed by atoms with Gasteiger partial charge in [0, 0.05) is 54.0 Å². The largest absolute Gasteiger partial charge is 0.366 e. The van der Waals surface area contributed by atoms with Crippen LogP contribution < -0.4 is 21.1 Å². The van der Waals surface area contributed by atoms with E-state index in [0.29, 0.717) is 51.3 Å². The Hall–Kier alpha value is -3.83. The maximum atomic E-state index is 15.3. The fourth-order valence-corrected chi connectivity index (χ4v) is 8.43. The molecule has 4 aromatic rings. The first-order valence-electron chi connectivity index (χ1n) is 15.5. The zero-order valence-electron chi connectivity index (χ0n) is 25.0. The van der Waals surface area contributed by atoms with Crippen LogP contribution in [0.4, 0.5) is 21.7 Å². The third kappa shape index (κ3) is 5.47. The van der Waals surface area contributed by atoms with E-state index >= 15 is 4.39 Å². The number of rotatable bonds is 7. The second-order valence-corrected chi connectivity index (χ2v) is 14.8. The van der Waals surface area contributed by atoms with Gasteiger partial charge in [-0.15, -0.1) is 0 Å². The summed E-state index contributed by atoms with van der Waals surface area (Å²) in [5, 5.41) is 7.02. The van der Waals surface area contributed by atoms with Crippen molar-refractivity contribution in [1.29, 1.82) is 0 Å². The smallest absolute Gasteiger partial charge is 0.260 e. The molecule has 230 valence electrons. The van der Waals surface area contributed by atoms with Crippen molar-refractivity contribution in [2.75, 3.05) is 23.3 Å². The Morgan fingerprint density at radius 1 is 0.955 bits per heavy atom. The van der Waals surface area contributed by atoms with Crippen LogP contribution in [-0.4, -0.2) is 53.4 Å². The molecule has 0 amide bonds. The SMILES string of the molecule is C[C@@H]1CN(c2ccc(Nc3ncc4cc(-c5ccc(S(=O)(=O)C6CC6)cc5)c(=O)n(C5CCCC5)c4n3)cc2F)C[C@H](C)N1. The number of aromatic nitrogens is 3. The Labute approximate surface area is 256 Å². The number of benzene rings is 2. The topological polar surface area (TPSA) is 109 Å². The van der Waals surface area contributed by atoms with Gasteiger partial charge in [0.1, 0.15) is 11.5 Å². The first-order valence-corrected chi connectivity index (χ1v) is 17.1. The van der Waals surface area contributed by atoms with Crippen LogP contribution in [-0.2, 0) is 9.84 Å². The molecule has 2 aliphatic carbocycles. The lowest BCUT2D eigenvalue weighted by atomic mass is 10.1. The highest BCUT2D eigenvalue weighted by Gasteiger charge is 2.36. The zero-order valence-corrected chi connectivity index (χ0v) is 25.8. The van der Waals surface area contributed by atoms with Gasteiger partial charge >= 0.3 is 0 Å². The third-order valence-electron chi connectivity index (χ3n) is 9.02. The number of piperazine rings is 1. The molecule has 2 saturated carbocycles. The van der Waals surface area contributed by atoms with E-state index in [4.69, 9.17) is 4.98 Å². The van der Waals surface area contributed by atoms with Crippen molar-refractivity contribution in [1.82, 2.24) is 19.9 Å². The van der Waals surface area contributed by atoms with Crippen LogP contribution in [0.3, 0.4) is 0 Å². The molecule has 0 radical (unpaired) electrons. The number of sulfone groups is 1. The van der Waals surface area contributed by atoms with E-state index in [1.807, 2.05) is 6.07 Å². The highest BCUT2D eigenvalue weighted by molar-refractivity contribution is 7.92. The molecule has 3 fully saturated rings. The quantitative estimate of drug-likeness (QED) is 0.277. The van der Waals surface area contributed by atoms with Crippen LogP contribution in [0, 0.1) is 5.82 Å². The molecule has 0 unspecified atom stereocenters. The predicted octanol–water partition coefficient (Wildman–Crippen LogP) is 5.58. The second-order valence-electron chi connectivity index (χ2n) is 12.6. The van der Waals surface area contributed by atoms with Crippen molar-refractivity contribution in [3.63, 3.8) is 0 Å². The summed E-state index contributed by atoms with van der Waals surface area (Å²) in [5.74, 6) is -0.0388. The van der Waals surface area contributed by atoms with Crippen LogP contribution in [0.25, 0.3) is 22.2 Å². The summed E-state index contributed by atoms with van der Waals surface area (Å²) in [6, 6.07) is 14.0. The Morgan fingerprint density at radius 3 is 2.32 bits per heavy atom. The van der Waals surface area contributed by atoms with E-state index in [1.165, 1.54) is 6.07 Å². The van der Waals surface area contributed by atoms with E-state index in [2.05, 4.69) is 34.4 Å². The van der Waals surface area contributed by atoms with Crippen molar-refractivity contribution >= 4 is 38.2 Å². The van der Waals surface area contributed by atoms with Crippen LogP contribution in [0.1, 0.15) is 58.4 Å².